The minimum atomic E-state index is -0.0497. The third kappa shape index (κ3) is 3.10. The van der Waals surface area contributed by atoms with Gasteiger partial charge in [0.1, 0.15) is 5.75 Å². The first kappa shape index (κ1) is 12.9. The van der Waals surface area contributed by atoms with E-state index in [9.17, 15) is 5.11 Å². The zero-order valence-corrected chi connectivity index (χ0v) is 11.3. The number of hydrogen-bond donors (Lipinski definition) is 2. The molecule has 1 fully saturated rings. The SMILES string of the molecule is OC1CCC(CNCC2COc3ccccc32)CC1. The van der Waals surface area contributed by atoms with E-state index in [-0.39, 0.29) is 6.10 Å². The first-order chi connectivity index (χ1) is 9.33. The minimum Gasteiger partial charge on any atom is -0.493 e. The average Bonchev–Trinajstić information content (AvgIpc) is 2.85. The Labute approximate surface area is 115 Å². The molecule has 0 bridgehead atoms. The molecule has 1 aromatic carbocycles. The third-order valence-corrected chi connectivity index (χ3v) is 4.44. The van der Waals surface area contributed by atoms with Crippen molar-refractivity contribution < 1.29 is 9.84 Å². The molecule has 1 unspecified atom stereocenters. The molecule has 0 aromatic heterocycles. The zero-order valence-electron chi connectivity index (χ0n) is 11.3. The Bertz CT molecular complexity index is 413. The van der Waals surface area contributed by atoms with Gasteiger partial charge in [0.25, 0.3) is 0 Å². The van der Waals surface area contributed by atoms with Gasteiger partial charge in [-0.2, -0.15) is 0 Å². The van der Waals surface area contributed by atoms with Crippen LogP contribution in [-0.2, 0) is 0 Å². The molecule has 1 aliphatic carbocycles. The minimum absolute atomic E-state index is 0.0497. The lowest BCUT2D eigenvalue weighted by atomic mass is 9.87. The van der Waals surface area contributed by atoms with Crippen LogP contribution in [0, 0.1) is 5.92 Å². The van der Waals surface area contributed by atoms with Gasteiger partial charge in [0, 0.05) is 18.0 Å². The highest BCUT2D eigenvalue weighted by Gasteiger charge is 2.24. The number of para-hydroxylation sites is 1. The van der Waals surface area contributed by atoms with E-state index >= 15 is 0 Å². The predicted molar refractivity (Wildman–Crippen MR) is 75.5 cm³/mol. The summed E-state index contributed by atoms with van der Waals surface area (Å²) in [6.45, 7) is 2.87. The van der Waals surface area contributed by atoms with Gasteiger partial charge in [-0.15, -0.1) is 0 Å². The van der Waals surface area contributed by atoms with Crippen molar-refractivity contribution in [2.45, 2.75) is 37.7 Å². The van der Waals surface area contributed by atoms with Crippen molar-refractivity contribution in [3.63, 3.8) is 0 Å². The van der Waals surface area contributed by atoms with Crippen LogP contribution in [-0.4, -0.2) is 30.9 Å². The van der Waals surface area contributed by atoms with Crippen LogP contribution in [0.3, 0.4) is 0 Å². The summed E-state index contributed by atoms with van der Waals surface area (Å²) in [5.74, 6) is 2.28. The summed E-state index contributed by atoms with van der Waals surface area (Å²) < 4.78 is 5.69. The van der Waals surface area contributed by atoms with Crippen molar-refractivity contribution in [3.8, 4) is 5.75 Å². The first-order valence-corrected chi connectivity index (χ1v) is 7.43. The second-order valence-corrected chi connectivity index (χ2v) is 5.88. The van der Waals surface area contributed by atoms with Crippen LogP contribution in [0.2, 0.25) is 0 Å². The Morgan fingerprint density at radius 3 is 2.74 bits per heavy atom. The topological polar surface area (TPSA) is 41.5 Å². The molecule has 2 N–H and O–H groups in total. The lowest BCUT2D eigenvalue weighted by Gasteiger charge is -2.26. The molecule has 104 valence electrons. The van der Waals surface area contributed by atoms with E-state index in [1.807, 2.05) is 6.07 Å². The number of aliphatic hydroxyl groups is 1. The summed E-state index contributed by atoms with van der Waals surface area (Å²) in [5.41, 5.74) is 1.34. The summed E-state index contributed by atoms with van der Waals surface area (Å²) in [6, 6.07) is 8.34. The van der Waals surface area contributed by atoms with Crippen LogP contribution >= 0.6 is 0 Å². The van der Waals surface area contributed by atoms with Gasteiger partial charge >= 0.3 is 0 Å². The van der Waals surface area contributed by atoms with Crippen molar-refractivity contribution in [3.05, 3.63) is 29.8 Å². The summed E-state index contributed by atoms with van der Waals surface area (Å²) in [7, 11) is 0. The maximum absolute atomic E-state index is 9.50. The lowest BCUT2D eigenvalue weighted by Crippen LogP contribution is -2.31. The molecule has 3 rings (SSSR count). The Morgan fingerprint density at radius 1 is 1.11 bits per heavy atom. The van der Waals surface area contributed by atoms with Crippen molar-refractivity contribution >= 4 is 0 Å². The summed E-state index contributed by atoms with van der Waals surface area (Å²) in [4.78, 5) is 0. The molecule has 3 heteroatoms. The highest BCUT2D eigenvalue weighted by Crippen LogP contribution is 2.33. The monoisotopic (exact) mass is 261 g/mol. The number of aliphatic hydroxyl groups excluding tert-OH is 1. The van der Waals surface area contributed by atoms with Crippen molar-refractivity contribution in [1.82, 2.24) is 5.32 Å². The number of hydrogen-bond acceptors (Lipinski definition) is 3. The molecule has 2 aliphatic rings. The fraction of sp³-hybridized carbons (Fsp3) is 0.625. The van der Waals surface area contributed by atoms with Crippen LogP contribution in [0.5, 0.6) is 5.75 Å². The van der Waals surface area contributed by atoms with Gasteiger partial charge in [-0.3, -0.25) is 0 Å². The highest BCUT2D eigenvalue weighted by molar-refractivity contribution is 5.39. The predicted octanol–water partition coefficient (Wildman–Crippen LogP) is 2.30. The number of fused-ring (bicyclic) bond motifs is 1. The summed E-state index contributed by atoms with van der Waals surface area (Å²) in [6.07, 6.45) is 4.22. The molecule has 19 heavy (non-hydrogen) atoms. The van der Waals surface area contributed by atoms with Crippen LogP contribution in [0.1, 0.15) is 37.2 Å². The third-order valence-electron chi connectivity index (χ3n) is 4.44. The quantitative estimate of drug-likeness (QED) is 0.874. The van der Waals surface area contributed by atoms with Crippen molar-refractivity contribution in [1.29, 1.82) is 0 Å². The molecule has 1 aromatic rings. The van der Waals surface area contributed by atoms with Crippen LogP contribution in [0.4, 0.5) is 0 Å². The fourth-order valence-corrected chi connectivity index (χ4v) is 3.21. The van der Waals surface area contributed by atoms with Gasteiger partial charge in [0.2, 0.25) is 0 Å². The van der Waals surface area contributed by atoms with Crippen molar-refractivity contribution in [2.75, 3.05) is 19.7 Å². The number of rotatable bonds is 4. The molecule has 1 atom stereocenters. The van der Waals surface area contributed by atoms with Gasteiger partial charge in [-0.1, -0.05) is 18.2 Å². The number of ether oxygens (including phenoxy) is 1. The molecule has 3 nitrogen and oxygen atoms in total. The molecule has 0 radical (unpaired) electrons. The first-order valence-electron chi connectivity index (χ1n) is 7.43. The largest absolute Gasteiger partial charge is 0.493 e. The molecular weight excluding hydrogens is 238 g/mol. The van der Waals surface area contributed by atoms with E-state index in [1.54, 1.807) is 0 Å². The van der Waals surface area contributed by atoms with Crippen LogP contribution < -0.4 is 10.1 Å². The summed E-state index contributed by atoms with van der Waals surface area (Å²) in [5, 5.41) is 13.1. The van der Waals surface area contributed by atoms with Gasteiger partial charge < -0.3 is 15.2 Å². The maximum atomic E-state index is 9.50. The average molecular weight is 261 g/mol. The molecular formula is C16H23NO2. The second kappa shape index (κ2) is 5.93. The lowest BCUT2D eigenvalue weighted by molar-refractivity contribution is 0.108. The molecule has 1 heterocycles. The molecule has 0 amide bonds. The molecule has 0 saturated heterocycles. The fourth-order valence-electron chi connectivity index (χ4n) is 3.21. The van der Waals surface area contributed by atoms with E-state index < -0.39 is 0 Å². The van der Waals surface area contributed by atoms with E-state index in [1.165, 1.54) is 5.56 Å². The molecule has 1 aliphatic heterocycles. The smallest absolute Gasteiger partial charge is 0.122 e. The zero-order chi connectivity index (χ0) is 13.1. The van der Waals surface area contributed by atoms with E-state index in [4.69, 9.17) is 4.74 Å². The number of nitrogens with one attached hydrogen (secondary N) is 1. The van der Waals surface area contributed by atoms with Gasteiger partial charge in [0.05, 0.1) is 12.7 Å². The Hall–Kier alpha value is -1.06. The van der Waals surface area contributed by atoms with Crippen LogP contribution in [0.15, 0.2) is 24.3 Å². The Kier molecular flexibility index (Phi) is 4.04. The van der Waals surface area contributed by atoms with E-state index in [0.29, 0.717) is 5.92 Å². The maximum Gasteiger partial charge on any atom is 0.122 e. The van der Waals surface area contributed by atoms with E-state index in [0.717, 1.165) is 57.0 Å². The highest BCUT2D eigenvalue weighted by atomic mass is 16.5. The van der Waals surface area contributed by atoms with E-state index in [2.05, 4.69) is 23.5 Å². The molecule has 0 spiro atoms. The molecule has 1 saturated carbocycles. The Balaban J connectivity index is 1.44. The van der Waals surface area contributed by atoms with Crippen LogP contribution in [0.25, 0.3) is 0 Å². The normalized spacial score (nSPS) is 29.8. The number of benzene rings is 1. The van der Waals surface area contributed by atoms with Crippen molar-refractivity contribution in [2.24, 2.45) is 5.92 Å². The van der Waals surface area contributed by atoms with Gasteiger partial charge in [-0.05, 0) is 44.2 Å². The summed E-state index contributed by atoms with van der Waals surface area (Å²) >= 11 is 0. The standard InChI is InChI=1S/C16H23NO2/c18-14-7-5-12(6-8-14)9-17-10-13-11-19-16-4-2-1-3-15(13)16/h1-4,12-14,17-18H,5-11H2. The Morgan fingerprint density at radius 2 is 1.89 bits per heavy atom. The second-order valence-electron chi connectivity index (χ2n) is 5.88. The van der Waals surface area contributed by atoms with Gasteiger partial charge in [-0.25, -0.2) is 0 Å². The van der Waals surface area contributed by atoms with Gasteiger partial charge in [0.15, 0.2) is 0 Å².